The van der Waals surface area contributed by atoms with Crippen LogP contribution in [0, 0.1) is 0 Å². The summed E-state index contributed by atoms with van der Waals surface area (Å²) in [7, 11) is -2.51. The lowest BCUT2D eigenvalue weighted by molar-refractivity contribution is -0.137. The molecule has 0 saturated carbocycles. The molecule has 1 heterocycles. The van der Waals surface area contributed by atoms with Gasteiger partial charge in [-0.1, -0.05) is 27.7 Å². The third-order valence-electron chi connectivity index (χ3n) is 4.99. The molecule has 1 aliphatic rings. The molecule has 1 aliphatic heterocycles. The first-order chi connectivity index (χ1) is 14.6. The fourth-order valence-corrected chi connectivity index (χ4v) is 3.70. The van der Waals surface area contributed by atoms with E-state index in [-0.39, 0.29) is 11.2 Å². The lowest BCUT2D eigenvalue weighted by Gasteiger charge is -2.34. The fraction of sp³-hybridized carbons (Fsp3) is 0.905. The van der Waals surface area contributed by atoms with Crippen molar-refractivity contribution in [2.24, 2.45) is 0 Å². The Labute approximate surface area is 199 Å². The number of carbonyl (C=O) groups is 2. The highest BCUT2D eigenvalue weighted by atomic mass is 32.2. The smallest absolute Gasteiger partial charge is 0.267 e. The van der Waals surface area contributed by atoms with E-state index in [2.05, 4.69) is 22.8 Å². The molecule has 1 unspecified atom stereocenters. The van der Waals surface area contributed by atoms with E-state index in [4.69, 9.17) is 4.74 Å². The van der Waals surface area contributed by atoms with Crippen molar-refractivity contribution in [3.8, 4) is 0 Å². The SMILES string of the molecule is CC.CN1CCN(C(=O)C(CS(=O)(=O)O)NC(=O)CCC(C)(C)OCCC(C)(C)S)CC1. The van der Waals surface area contributed by atoms with Crippen LogP contribution in [0.5, 0.6) is 0 Å². The Hall–Kier alpha value is -0.880. The molecule has 2 amide bonds. The van der Waals surface area contributed by atoms with Crippen LogP contribution < -0.4 is 5.32 Å². The zero-order chi connectivity index (χ0) is 25.2. The van der Waals surface area contributed by atoms with Gasteiger partial charge in [0.15, 0.2) is 0 Å². The number of ether oxygens (including phenoxy) is 1. The molecule has 0 bridgehead atoms. The number of likely N-dealkylation sites (N-methyl/N-ethyl adjacent to an activating group) is 1. The highest BCUT2D eigenvalue weighted by molar-refractivity contribution is 7.85. The van der Waals surface area contributed by atoms with E-state index < -0.39 is 39.3 Å². The lowest BCUT2D eigenvalue weighted by Crippen LogP contribution is -2.56. The summed E-state index contributed by atoms with van der Waals surface area (Å²) < 4.78 is 37.7. The summed E-state index contributed by atoms with van der Waals surface area (Å²) in [6, 6.07) is -1.31. The summed E-state index contributed by atoms with van der Waals surface area (Å²) in [6.07, 6.45) is 1.21. The molecule has 0 spiro atoms. The van der Waals surface area contributed by atoms with Crippen molar-refractivity contribution in [1.82, 2.24) is 15.1 Å². The van der Waals surface area contributed by atoms with E-state index in [0.717, 1.165) is 6.42 Å². The fourth-order valence-electron chi connectivity index (χ4n) is 2.96. The zero-order valence-electron chi connectivity index (χ0n) is 20.7. The molecule has 1 saturated heterocycles. The van der Waals surface area contributed by atoms with Gasteiger partial charge in [-0.05, 0) is 33.7 Å². The molecular weight excluding hydrogens is 454 g/mol. The van der Waals surface area contributed by atoms with Crippen molar-refractivity contribution in [3.05, 3.63) is 0 Å². The number of piperazine rings is 1. The second-order valence-electron chi connectivity index (χ2n) is 9.17. The third-order valence-corrected chi connectivity index (χ3v) is 5.96. The van der Waals surface area contributed by atoms with E-state index in [0.29, 0.717) is 39.2 Å². The van der Waals surface area contributed by atoms with Crippen LogP contribution in [0.1, 0.15) is 60.8 Å². The number of thiol groups is 1. The number of amides is 2. The van der Waals surface area contributed by atoms with Crippen molar-refractivity contribution in [2.75, 3.05) is 45.6 Å². The van der Waals surface area contributed by atoms with E-state index in [9.17, 15) is 22.6 Å². The minimum Gasteiger partial charge on any atom is -0.376 e. The average molecular weight is 498 g/mol. The van der Waals surface area contributed by atoms with Gasteiger partial charge in [-0.15, -0.1) is 0 Å². The van der Waals surface area contributed by atoms with Crippen LogP contribution in [-0.2, 0) is 24.4 Å². The molecule has 190 valence electrons. The molecule has 0 aromatic carbocycles. The maximum atomic E-state index is 12.7. The first kappa shape index (κ1) is 31.1. The molecule has 0 aliphatic carbocycles. The molecular formula is C21H43N3O6S2. The van der Waals surface area contributed by atoms with Gasteiger partial charge in [0.2, 0.25) is 11.8 Å². The second kappa shape index (κ2) is 13.7. The predicted molar refractivity (Wildman–Crippen MR) is 131 cm³/mol. The Kier molecular flexibility index (Phi) is 13.4. The van der Waals surface area contributed by atoms with E-state index >= 15 is 0 Å². The van der Waals surface area contributed by atoms with Gasteiger partial charge in [0.25, 0.3) is 10.1 Å². The average Bonchev–Trinajstić information content (AvgIpc) is 2.65. The van der Waals surface area contributed by atoms with E-state index in [1.165, 1.54) is 4.90 Å². The molecule has 0 aromatic heterocycles. The van der Waals surface area contributed by atoms with Crippen LogP contribution in [0.25, 0.3) is 0 Å². The molecule has 2 N–H and O–H groups in total. The first-order valence-corrected chi connectivity index (χ1v) is 13.2. The number of carbonyl (C=O) groups excluding carboxylic acids is 2. The normalized spacial score (nSPS) is 16.7. The van der Waals surface area contributed by atoms with Gasteiger partial charge in [0, 0.05) is 44.0 Å². The number of hydrogen-bond acceptors (Lipinski definition) is 7. The van der Waals surface area contributed by atoms with Gasteiger partial charge in [-0.2, -0.15) is 21.0 Å². The summed E-state index contributed by atoms with van der Waals surface area (Å²) in [5.41, 5.74) is -0.559. The van der Waals surface area contributed by atoms with Gasteiger partial charge in [0.05, 0.1) is 5.60 Å². The molecule has 1 atom stereocenters. The summed E-state index contributed by atoms with van der Waals surface area (Å²) >= 11 is 4.46. The standard InChI is InChI=1S/C19H37N3O6S2.C2H6/c1-18(2,28-13-8-19(3,4)29)7-6-16(23)20-15(14-30(25,26)27)17(24)22-11-9-21(5)10-12-22;1-2/h15,29H,6-14H2,1-5H3,(H,20,23)(H,25,26,27);1-2H3. The molecule has 9 nitrogen and oxygen atoms in total. The topological polar surface area (TPSA) is 116 Å². The highest BCUT2D eigenvalue weighted by Gasteiger charge is 2.32. The van der Waals surface area contributed by atoms with Crippen molar-refractivity contribution in [2.45, 2.75) is 77.2 Å². The Balaban J connectivity index is 0.00000466. The number of rotatable bonds is 11. The molecule has 1 rings (SSSR count). The second-order valence-corrected chi connectivity index (χ2v) is 11.9. The van der Waals surface area contributed by atoms with Gasteiger partial charge in [-0.25, -0.2) is 0 Å². The molecule has 0 radical (unpaired) electrons. The highest BCUT2D eigenvalue weighted by Crippen LogP contribution is 2.21. The summed E-state index contributed by atoms with van der Waals surface area (Å²) in [5.74, 6) is -1.81. The zero-order valence-corrected chi connectivity index (χ0v) is 22.4. The number of nitrogens with zero attached hydrogens (tertiary/aromatic N) is 2. The van der Waals surface area contributed by atoms with Crippen LogP contribution in [0.2, 0.25) is 0 Å². The minimum atomic E-state index is -4.44. The predicted octanol–water partition coefficient (Wildman–Crippen LogP) is 1.83. The van der Waals surface area contributed by atoms with Crippen LogP contribution >= 0.6 is 12.6 Å². The van der Waals surface area contributed by atoms with Crippen molar-refractivity contribution >= 4 is 34.6 Å². The van der Waals surface area contributed by atoms with Crippen molar-refractivity contribution in [1.29, 1.82) is 0 Å². The van der Waals surface area contributed by atoms with Crippen LogP contribution in [-0.4, -0.2) is 96.6 Å². The van der Waals surface area contributed by atoms with E-state index in [1.807, 2.05) is 48.6 Å². The largest absolute Gasteiger partial charge is 0.376 e. The van der Waals surface area contributed by atoms with Crippen LogP contribution in [0.4, 0.5) is 0 Å². The van der Waals surface area contributed by atoms with Gasteiger partial charge >= 0.3 is 0 Å². The quantitative estimate of drug-likeness (QED) is 0.295. The Morgan fingerprint density at radius 1 is 1.09 bits per heavy atom. The summed E-state index contributed by atoms with van der Waals surface area (Å²) in [5, 5.41) is 2.48. The first-order valence-electron chi connectivity index (χ1n) is 11.2. The lowest BCUT2D eigenvalue weighted by atomic mass is 10.0. The van der Waals surface area contributed by atoms with Gasteiger partial charge in [-0.3, -0.25) is 14.1 Å². The van der Waals surface area contributed by atoms with E-state index in [1.54, 1.807) is 0 Å². The number of nitrogens with one attached hydrogen (secondary N) is 1. The van der Waals surface area contributed by atoms with Gasteiger partial charge in [0.1, 0.15) is 11.8 Å². The van der Waals surface area contributed by atoms with Crippen LogP contribution in [0.3, 0.4) is 0 Å². The maximum absolute atomic E-state index is 12.7. The third kappa shape index (κ3) is 14.3. The Morgan fingerprint density at radius 2 is 1.62 bits per heavy atom. The maximum Gasteiger partial charge on any atom is 0.267 e. The Bertz CT molecular complexity index is 684. The molecule has 1 fully saturated rings. The monoisotopic (exact) mass is 497 g/mol. The van der Waals surface area contributed by atoms with Gasteiger partial charge < -0.3 is 19.9 Å². The van der Waals surface area contributed by atoms with Crippen molar-refractivity contribution < 1.29 is 27.3 Å². The molecule has 0 aromatic rings. The summed E-state index contributed by atoms with van der Waals surface area (Å²) in [4.78, 5) is 28.7. The summed E-state index contributed by atoms with van der Waals surface area (Å²) in [6.45, 7) is 14.4. The van der Waals surface area contributed by atoms with Crippen molar-refractivity contribution in [3.63, 3.8) is 0 Å². The Morgan fingerprint density at radius 3 is 2.09 bits per heavy atom. The minimum absolute atomic E-state index is 0.0647. The number of hydrogen-bond donors (Lipinski definition) is 3. The molecule has 11 heteroatoms. The van der Waals surface area contributed by atoms with Crippen LogP contribution in [0.15, 0.2) is 0 Å². The molecule has 32 heavy (non-hydrogen) atoms.